The fourth-order valence-corrected chi connectivity index (χ4v) is 1.60. The van der Waals surface area contributed by atoms with Gasteiger partial charge in [0.15, 0.2) is 11.5 Å². The molecule has 0 amide bonds. The van der Waals surface area contributed by atoms with Crippen molar-refractivity contribution < 1.29 is 14.2 Å². The van der Waals surface area contributed by atoms with Gasteiger partial charge in [-0.3, -0.25) is 0 Å². The van der Waals surface area contributed by atoms with Gasteiger partial charge >= 0.3 is 0 Å². The molecule has 0 heterocycles. The van der Waals surface area contributed by atoms with Crippen LogP contribution in [0.4, 0.5) is 0 Å². The maximum Gasteiger partial charge on any atom is 0.203 e. The van der Waals surface area contributed by atoms with Crippen molar-refractivity contribution in [2.45, 2.75) is 26.4 Å². The molecule has 4 nitrogen and oxygen atoms in total. The van der Waals surface area contributed by atoms with E-state index in [1.165, 1.54) is 0 Å². The van der Waals surface area contributed by atoms with Crippen molar-refractivity contribution in [1.29, 1.82) is 0 Å². The summed E-state index contributed by atoms with van der Waals surface area (Å²) < 4.78 is 16.4. The van der Waals surface area contributed by atoms with Crippen LogP contribution in [0.3, 0.4) is 0 Å². The van der Waals surface area contributed by atoms with Gasteiger partial charge in [0.25, 0.3) is 0 Å². The van der Waals surface area contributed by atoms with Crippen molar-refractivity contribution in [2.24, 2.45) is 5.73 Å². The van der Waals surface area contributed by atoms with Gasteiger partial charge < -0.3 is 19.9 Å². The molecule has 0 saturated carbocycles. The van der Waals surface area contributed by atoms with Gasteiger partial charge in [-0.15, -0.1) is 12.4 Å². The number of nitrogens with two attached hydrogens (primary N) is 1. The zero-order valence-corrected chi connectivity index (χ0v) is 12.2. The van der Waals surface area contributed by atoms with E-state index in [1.54, 1.807) is 14.2 Å². The first-order valence-electron chi connectivity index (χ1n) is 5.74. The molecule has 0 aromatic heterocycles. The van der Waals surface area contributed by atoms with E-state index in [0.29, 0.717) is 23.8 Å². The molecule has 104 valence electrons. The Bertz CT molecular complexity index is 344. The van der Waals surface area contributed by atoms with E-state index in [-0.39, 0.29) is 18.5 Å². The van der Waals surface area contributed by atoms with E-state index in [2.05, 4.69) is 0 Å². The lowest BCUT2D eigenvalue weighted by Gasteiger charge is -2.17. The first-order valence-corrected chi connectivity index (χ1v) is 5.74. The van der Waals surface area contributed by atoms with Gasteiger partial charge in [0.05, 0.1) is 20.3 Å². The molecular formula is C13H22ClNO3. The van der Waals surface area contributed by atoms with Crippen LogP contribution in [-0.2, 0) is 6.42 Å². The predicted octanol–water partition coefficient (Wildman–Crippen LogP) is 2.41. The number of rotatable bonds is 6. The summed E-state index contributed by atoms with van der Waals surface area (Å²) in [6, 6.07) is 3.88. The molecule has 2 N–H and O–H groups in total. The van der Waals surface area contributed by atoms with E-state index < -0.39 is 0 Å². The summed E-state index contributed by atoms with van der Waals surface area (Å²) in [5.74, 6) is 2.01. The van der Waals surface area contributed by atoms with Gasteiger partial charge in [0.1, 0.15) is 0 Å². The Hall–Kier alpha value is -1.13. The van der Waals surface area contributed by atoms with E-state index in [0.717, 1.165) is 12.0 Å². The molecule has 0 aliphatic carbocycles. The third-order valence-corrected chi connectivity index (χ3v) is 2.31. The van der Waals surface area contributed by atoms with Gasteiger partial charge in [-0.25, -0.2) is 0 Å². The van der Waals surface area contributed by atoms with Crippen molar-refractivity contribution in [3.8, 4) is 17.2 Å². The zero-order valence-electron chi connectivity index (χ0n) is 11.4. The summed E-state index contributed by atoms with van der Waals surface area (Å²) in [6.07, 6.45) is 0.854. The maximum absolute atomic E-state index is 5.71. The van der Waals surface area contributed by atoms with Crippen LogP contribution in [0, 0.1) is 0 Å². The van der Waals surface area contributed by atoms with Crippen molar-refractivity contribution in [1.82, 2.24) is 0 Å². The second-order valence-corrected chi connectivity index (χ2v) is 4.03. The molecule has 5 heteroatoms. The first-order chi connectivity index (χ1) is 8.12. The number of hydrogen-bond donors (Lipinski definition) is 1. The SMILES string of the molecule is COc1cc(CCN)cc(OC)c1OC(C)C.Cl. The molecule has 0 fully saturated rings. The number of benzene rings is 1. The van der Waals surface area contributed by atoms with Crippen LogP contribution < -0.4 is 19.9 Å². The molecule has 0 unspecified atom stereocenters. The Kier molecular flexibility index (Phi) is 7.55. The van der Waals surface area contributed by atoms with E-state index >= 15 is 0 Å². The van der Waals surface area contributed by atoms with E-state index in [1.807, 2.05) is 26.0 Å². The molecule has 0 aliphatic rings. The highest BCUT2D eigenvalue weighted by molar-refractivity contribution is 5.85. The number of hydrogen-bond acceptors (Lipinski definition) is 4. The summed E-state index contributed by atoms with van der Waals surface area (Å²) in [7, 11) is 3.24. The molecule has 0 spiro atoms. The lowest BCUT2D eigenvalue weighted by Crippen LogP contribution is -2.09. The lowest BCUT2D eigenvalue weighted by atomic mass is 10.1. The Labute approximate surface area is 115 Å². The fraction of sp³-hybridized carbons (Fsp3) is 0.538. The minimum atomic E-state index is 0. The van der Waals surface area contributed by atoms with Crippen LogP contribution in [0.15, 0.2) is 12.1 Å². The van der Waals surface area contributed by atoms with Gasteiger partial charge in [-0.2, -0.15) is 0 Å². The second-order valence-electron chi connectivity index (χ2n) is 4.03. The highest BCUT2D eigenvalue weighted by Crippen LogP contribution is 2.39. The summed E-state index contributed by atoms with van der Waals surface area (Å²) in [4.78, 5) is 0. The monoisotopic (exact) mass is 275 g/mol. The number of ether oxygens (including phenoxy) is 3. The normalized spacial score (nSPS) is 9.89. The average Bonchev–Trinajstić information content (AvgIpc) is 2.30. The Morgan fingerprint density at radius 3 is 1.94 bits per heavy atom. The molecule has 18 heavy (non-hydrogen) atoms. The molecule has 0 atom stereocenters. The largest absolute Gasteiger partial charge is 0.493 e. The van der Waals surface area contributed by atoms with E-state index in [9.17, 15) is 0 Å². The maximum atomic E-state index is 5.71. The Morgan fingerprint density at radius 1 is 1.11 bits per heavy atom. The van der Waals surface area contributed by atoms with Crippen LogP contribution in [-0.4, -0.2) is 26.9 Å². The standard InChI is InChI=1S/C13H21NO3.ClH/c1-9(2)17-13-11(15-3)7-10(5-6-14)8-12(13)16-4;/h7-9H,5-6,14H2,1-4H3;1H. The Balaban J connectivity index is 0.00000289. The summed E-state index contributed by atoms with van der Waals surface area (Å²) in [6.45, 7) is 4.52. The van der Waals surface area contributed by atoms with Crippen molar-refractivity contribution in [3.63, 3.8) is 0 Å². The molecule has 0 aliphatic heterocycles. The molecule has 0 bridgehead atoms. The minimum absolute atomic E-state index is 0. The van der Waals surface area contributed by atoms with Crippen LogP contribution in [0.1, 0.15) is 19.4 Å². The Morgan fingerprint density at radius 2 is 1.61 bits per heavy atom. The third kappa shape index (κ3) is 4.27. The highest BCUT2D eigenvalue weighted by Gasteiger charge is 2.15. The van der Waals surface area contributed by atoms with Crippen molar-refractivity contribution in [2.75, 3.05) is 20.8 Å². The molecule has 1 aromatic rings. The van der Waals surface area contributed by atoms with Crippen LogP contribution in [0.25, 0.3) is 0 Å². The van der Waals surface area contributed by atoms with Crippen LogP contribution >= 0.6 is 12.4 Å². The minimum Gasteiger partial charge on any atom is -0.493 e. The topological polar surface area (TPSA) is 53.7 Å². The fourth-order valence-electron chi connectivity index (χ4n) is 1.60. The molecule has 0 radical (unpaired) electrons. The molecular weight excluding hydrogens is 254 g/mol. The van der Waals surface area contributed by atoms with E-state index in [4.69, 9.17) is 19.9 Å². The summed E-state index contributed by atoms with van der Waals surface area (Å²) >= 11 is 0. The quantitative estimate of drug-likeness (QED) is 0.866. The van der Waals surface area contributed by atoms with Gasteiger partial charge in [0, 0.05) is 0 Å². The summed E-state index contributed by atoms with van der Waals surface area (Å²) in [5, 5.41) is 0. The van der Waals surface area contributed by atoms with Gasteiger partial charge in [-0.05, 0) is 44.5 Å². The molecule has 1 aromatic carbocycles. The second kappa shape index (κ2) is 8.06. The van der Waals surface area contributed by atoms with Gasteiger partial charge in [-0.1, -0.05) is 0 Å². The van der Waals surface area contributed by atoms with Gasteiger partial charge in [0.2, 0.25) is 5.75 Å². The lowest BCUT2D eigenvalue weighted by molar-refractivity contribution is 0.218. The molecule has 0 saturated heterocycles. The highest BCUT2D eigenvalue weighted by atomic mass is 35.5. The smallest absolute Gasteiger partial charge is 0.203 e. The predicted molar refractivity (Wildman–Crippen MR) is 75.3 cm³/mol. The van der Waals surface area contributed by atoms with Crippen LogP contribution in [0.5, 0.6) is 17.2 Å². The van der Waals surface area contributed by atoms with Crippen LogP contribution in [0.2, 0.25) is 0 Å². The first kappa shape index (κ1) is 16.9. The van der Waals surface area contributed by atoms with Crippen molar-refractivity contribution >= 4 is 12.4 Å². The number of methoxy groups -OCH3 is 2. The third-order valence-electron chi connectivity index (χ3n) is 2.31. The molecule has 1 rings (SSSR count). The average molecular weight is 276 g/mol. The zero-order chi connectivity index (χ0) is 12.8. The summed E-state index contributed by atoms with van der Waals surface area (Å²) in [5.41, 5.74) is 6.63. The van der Waals surface area contributed by atoms with Crippen molar-refractivity contribution in [3.05, 3.63) is 17.7 Å². The number of halogens is 1.